The number of carbonyl (C=O) groups is 1. The van der Waals surface area contributed by atoms with Crippen molar-refractivity contribution in [3.05, 3.63) is 65.1 Å². The summed E-state index contributed by atoms with van der Waals surface area (Å²) in [4.78, 5) is 37.9. The number of ether oxygens (including phenoxy) is 1. The van der Waals surface area contributed by atoms with Gasteiger partial charge in [0.15, 0.2) is 0 Å². The van der Waals surface area contributed by atoms with E-state index in [1.165, 1.54) is 17.3 Å². The molecule has 44 heavy (non-hydrogen) atoms. The third-order valence-electron chi connectivity index (χ3n) is 8.42. The van der Waals surface area contributed by atoms with Crippen LogP contribution in [0.3, 0.4) is 0 Å². The minimum atomic E-state index is -0.616. The number of fused-ring (bicyclic) bond motifs is 2. The van der Waals surface area contributed by atoms with Crippen molar-refractivity contribution in [3.8, 4) is 0 Å². The molecule has 2 aliphatic rings. The first kappa shape index (κ1) is 28.5. The Morgan fingerprint density at radius 1 is 1.11 bits per heavy atom. The number of anilines is 2. The molecular formula is C30H34N10O3S. The predicted octanol–water partition coefficient (Wildman–Crippen LogP) is 3.40. The zero-order valence-electron chi connectivity index (χ0n) is 24.4. The van der Waals surface area contributed by atoms with Crippen LogP contribution in [0.5, 0.6) is 0 Å². The third kappa shape index (κ3) is 5.93. The largest absolute Gasteiger partial charge is 0.370 e. The number of carbonyl (C=O) groups excluding carboxylic acids is 1. The van der Waals surface area contributed by atoms with Crippen LogP contribution in [0.2, 0.25) is 0 Å². The van der Waals surface area contributed by atoms with E-state index in [2.05, 4.69) is 54.0 Å². The van der Waals surface area contributed by atoms with Crippen molar-refractivity contribution in [1.82, 2.24) is 40.5 Å². The number of H-pyrrole nitrogens is 1. The van der Waals surface area contributed by atoms with Gasteiger partial charge in [0.1, 0.15) is 6.10 Å². The van der Waals surface area contributed by atoms with Crippen molar-refractivity contribution in [1.29, 1.82) is 0 Å². The highest BCUT2D eigenvalue weighted by Gasteiger charge is 2.26. The lowest BCUT2D eigenvalue weighted by Crippen LogP contribution is -2.39. The molecular weight excluding hydrogens is 580 g/mol. The van der Waals surface area contributed by atoms with Crippen molar-refractivity contribution >= 4 is 50.3 Å². The number of hydrogen-bond donors (Lipinski definition) is 3. The summed E-state index contributed by atoms with van der Waals surface area (Å²) < 4.78 is 7.26. The minimum absolute atomic E-state index is 0.0731. The Bertz CT molecular complexity index is 1750. The van der Waals surface area contributed by atoms with Crippen LogP contribution in [0.4, 0.5) is 11.9 Å². The summed E-state index contributed by atoms with van der Waals surface area (Å²) in [6, 6.07) is 8.37. The first-order valence-corrected chi connectivity index (χ1v) is 15.6. The minimum Gasteiger partial charge on any atom is -0.370 e. The molecule has 0 spiro atoms. The fraction of sp³-hybridized carbons (Fsp3) is 0.400. The van der Waals surface area contributed by atoms with Gasteiger partial charge in [-0.1, -0.05) is 12.1 Å². The number of aromatic nitrogens is 6. The molecule has 1 atom stereocenters. The van der Waals surface area contributed by atoms with Gasteiger partial charge in [-0.25, -0.2) is 25.4 Å². The SMILES string of the molecule is CN(Cc1cc2nc(N3CCOC(c4cccc5[nH]ncc45)C3)ncc2s1)CC1CCN(c2ncc(C(=O)NO)cn2)CC1. The summed E-state index contributed by atoms with van der Waals surface area (Å²) in [6.45, 7) is 5.65. The van der Waals surface area contributed by atoms with E-state index in [1.54, 1.807) is 16.8 Å². The van der Waals surface area contributed by atoms with Gasteiger partial charge in [-0.3, -0.25) is 15.1 Å². The molecule has 1 aromatic carbocycles. The Kier molecular flexibility index (Phi) is 8.04. The summed E-state index contributed by atoms with van der Waals surface area (Å²) in [7, 11) is 2.18. The molecule has 1 amide bonds. The van der Waals surface area contributed by atoms with Crippen molar-refractivity contribution in [2.45, 2.75) is 25.5 Å². The Hall–Kier alpha value is -4.24. The maximum atomic E-state index is 11.5. The summed E-state index contributed by atoms with van der Waals surface area (Å²) in [5, 5.41) is 17.1. The summed E-state index contributed by atoms with van der Waals surface area (Å²) in [5.74, 6) is 1.32. The lowest BCUT2D eigenvalue weighted by molar-refractivity contribution is 0.0402. The maximum Gasteiger partial charge on any atom is 0.277 e. The molecule has 0 aliphatic carbocycles. The van der Waals surface area contributed by atoms with Crippen LogP contribution in [0.15, 0.2) is 49.1 Å². The molecule has 6 heterocycles. The molecule has 0 bridgehead atoms. The number of amides is 1. The zero-order valence-corrected chi connectivity index (χ0v) is 25.2. The first-order chi connectivity index (χ1) is 21.5. The molecule has 4 aromatic heterocycles. The molecule has 2 fully saturated rings. The number of hydrogen-bond acceptors (Lipinski definition) is 12. The van der Waals surface area contributed by atoms with Gasteiger partial charge < -0.3 is 19.4 Å². The number of hydroxylamine groups is 1. The normalized spacial score (nSPS) is 18.0. The van der Waals surface area contributed by atoms with Gasteiger partial charge in [0.25, 0.3) is 5.91 Å². The number of benzene rings is 1. The molecule has 1 unspecified atom stereocenters. The highest BCUT2D eigenvalue weighted by Crippen LogP contribution is 2.31. The Labute approximate surface area is 257 Å². The molecule has 0 saturated carbocycles. The van der Waals surface area contributed by atoms with Gasteiger partial charge in [-0.2, -0.15) is 5.10 Å². The quantitative estimate of drug-likeness (QED) is 0.174. The van der Waals surface area contributed by atoms with E-state index < -0.39 is 5.91 Å². The Morgan fingerprint density at radius 2 is 1.93 bits per heavy atom. The predicted molar refractivity (Wildman–Crippen MR) is 167 cm³/mol. The Balaban J connectivity index is 0.943. The van der Waals surface area contributed by atoms with E-state index >= 15 is 0 Å². The molecule has 2 saturated heterocycles. The average molecular weight is 615 g/mol. The summed E-state index contributed by atoms with van der Waals surface area (Å²) >= 11 is 1.76. The summed E-state index contributed by atoms with van der Waals surface area (Å²) in [6.07, 6.45) is 8.71. The molecule has 7 rings (SSSR count). The fourth-order valence-electron chi connectivity index (χ4n) is 6.15. The van der Waals surface area contributed by atoms with Crippen LogP contribution in [-0.2, 0) is 11.3 Å². The first-order valence-electron chi connectivity index (χ1n) is 14.8. The van der Waals surface area contributed by atoms with Crippen molar-refractivity contribution in [2.24, 2.45) is 5.92 Å². The number of nitrogens with zero attached hydrogens (tertiary/aromatic N) is 8. The van der Waals surface area contributed by atoms with Gasteiger partial charge in [0, 0.05) is 55.4 Å². The van der Waals surface area contributed by atoms with Crippen molar-refractivity contribution in [3.63, 3.8) is 0 Å². The zero-order chi connectivity index (χ0) is 30.0. The van der Waals surface area contributed by atoms with E-state index in [0.29, 0.717) is 25.0 Å². The lowest BCUT2D eigenvalue weighted by atomic mass is 9.96. The van der Waals surface area contributed by atoms with Crippen LogP contribution in [0, 0.1) is 5.92 Å². The standard InChI is InChI=1S/C30H34N10O3S/c1-38(16-19-5-7-39(8-6-19)29-31-12-20(13-32-29)28(41)37-42)17-21-11-25-27(44-21)15-33-30(35-25)40-9-10-43-26(18-40)22-3-2-4-24-23(22)14-34-36-24/h2-4,11-15,19,26,42H,5-10,16-18H2,1H3,(H,34,36)(H,37,41). The van der Waals surface area contributed by atoms with Gasteiger partial charge in [0.05, 0.1) is 46.8 Å². The number of rotatable bonds is 8. The monoisotopic (exact) mass is 614 g/mol. The second-order valence-electron chi connectivity index (χ2n) is 11.5. The van der Waals surface area contributed by atoms with E-state index in [9.17, 15) is 4.79 Å². The van der Waals surface area contributed by atoms with Crippen LogP contribution in [-0.4, -0.2) is 92.5 Å². The number of aromatic amines is 1. The summed E-state index contributed by atoms with van der Waals surface area (Å²) in [5.41, 5.74) is 4.96. The molecule has 13 nitrogen and oxygen atoms in total. The van der Waals surface area contributed by atoms with E-state index in [1.807, 2.05) is 24.5 Å². The highest BCUT2D eigenvalue weighted by atomic mass is 32.1. The number of thiophene rings is 1. The average Bonchev–Trinajstić information content (AvgIpc) is 3.71. The van der Waals surface area contributed by atoms with Gasteiger partial charge in [-0.05, 0) is 43.5 Å². The molecule has 0 radical (unpaired) electrons. The van der Waals surface area contributed by atoms with E-state index in [-0.39, 0.29) is 11.7 Å². The topological polar surface area (TPSA) is 149 Å². The highest BCUT2D eigenvalue weighted by molar-refractivity contribution is 7.18. The van der Waals surface area contributed by atoms with Gasteiger partial charge in [0.2, 0.25) is 11.9 Å². The number of nitrogens with one attached hydrogen (secondary N) is 2. The molecule has 14 heteroatoms. The third-order valence-corrected chi connectivity index (χ3v) is 9.46. The van der Waals surface area contributed by atoms with Crippen molar-refractivity contribution in [2.75, 3.05) is 56.2 Å². The van der Waals surface area contributed by atoms with Crippen LogP contribution in [0.1, 0.15) is 39.7 Å². The lowest BCUT2D eigenvalue weighted by Gasteiger charge is -2.33. The Morgan fingerprint density at radius 3 is 2.75 bits per heavy atom. The molecule has 5 aromatic rings. The second kappa shape index (κ2) is 12.4. The molecule has 3 N–H and O–H groups in total. The maximum absolute atomic E-state index is 11.5. The van der Waals surface area contributed by atoms with Crippen LogP contribution in [0.25, 0.3) is 21.1 Å². The smallest absolute Gasteiger partial charge is 0.277 e. The number of piperidine rings is 1. The fourth-order valence-corrected chi connectivity index (χ4v) is 7.21. The van der Waals surface area contributed by atoms with E-state index in [4.69, 9.17) is 19.9 Å². The van der Waals surface area contributed by atoms with Gasteiger partial charge in [-0.15, -0.1) is 11.3 Å². The van der Waals surface area contributed by atoms with E-state index in [0.717, 1.165) is 78.2 Å². The second-order valence-corrected chi connectivity index (χ2v) is 12.6. The van der Waals surface area contributed by atoms with Crippen molar-refractivity contribution < 1.29 is 14.7 Å². The van der Waals surface area contributed by atoms with Crippen LogP contribution >= 0.6 is 11.3 Å². The molecule has 228 valence electrons. The molecule has 2 aliphatic heterocycles. The van der Waals surface area contributed by atoms with Crippen LogP contribution < -0.4 is 15.3 Å². The van der Waals surface area contributed by atoms with Gasteiger partial charge >= 0.3 is 0 Å². The number of morpholine rings is 1.